The molecule has 1 amide bonds. The minimum absolute atomic E-state index is 0.0150. The summed E-state index contributed by atoms with van der Waals surface area (Å²) in [6, 6.07) is 14.7. The van der Waals surface area contributed by atoms with Gasteiger partial charge in [0.15, 0.2) is 11.7 Å². The number of hydrogen-bond donors (Lipinski definition) is 2. The maximum Gasteiger partial charge on any atom is 0.220 e. The molecule has 2 aromatic carbocycles. The summed E-state index contributed by atoms with van der Waals surface area (Å²) in [5, 5.41) is 13.3. The number of aromatic nitrogens is 1. The molecule has 158 valence electrons. The van der Waals surface area contributed by atoms with Crippen molar-refractivity contribution in [3.8, 4) is 17.1 Å². The molecule has 3 rings (SSSR count). The second kappa shape index (κ2) is 11.0. The Labute approximate surface area is 184 Å². The number of rotatable bonds is 10. The van der Waals surface area contributed by atoms with Gasteiger partial charge in [0.1, 0.15) is 23.5 Å². The van der Waals surface area contributed by atoms with Crippen LogP contribution in [0.3, 0.4) is 0 Å². The lowest BCUT2D eigenvalue weighted by atomic mass is 10.2. The number of aliphatic hydroxyl groups excluding tert-OH is 1. The second-order valence-electron chi connectivity index (χ2n) is 6.66. The molecule has 0 saturated heterocycles. The first-order valence-electron chi connectivity index (χ1n) is 9.54. The van der Waals surface area contributed by atoms with E-state index in [4.69, 9.17) is 32.4 Å². The third-order valence-electron chi connectivity index (χ3n) is 4.29. The topological polar surface area (TPSA) is 84.6 Å². The summed E-state index contributed by atoms with van der Waals surface area (Å²) >= 11 is 11.9. The highest BCUT2D eigenvalue weighted by Crippen LogP contribution is 2.31. The molecular weight excluding hydrogens is 427 g/mol. The number of halogens is 2. The first kappa shape index (κ1) is 22.2. The molecule has 2 N–H and O–H groups in total. The van der Waals surface area contributed by atoms with Crippen LogP contribution in [0.15, 0.2) is 59.1 Å². The van der Waals surface area contributed by atoms with E-state index in [0.29, 0.717) is 41.7 Å². The molecule has 0 aliphatic heterocycles. The first-order chi connectivity index (χ1) is 14.5. The summed E-state index contributed by atoms with van der Waals surface area (Å²) in [6.45, 7) is 0.0626. The number of nitrogens with one attached hydrogen (secondary N) is 1. The quantitative estimate of drug-likeness (QED) is 0.475. The van der Waals surface area contributed by atoms with Crippen molar-refractivity contribution in [3.05, 3.63) is 70.7 Å². The van der Waals surface area contributed by atoms with E-state index in [1.165, 1.54) is 0 Å². The Morgan fingerprint density at radius 3 is 2.77 bits per heavy atom. The van der Waals surface area contributed by atoms with Gasteiger partial charge in [-0.1, -0.05) is 59.6 Å². The highest BCUT2D eigenvalue weighted by atomic mass is 35.5. The molecule has 1 atom stereocenters. The molecule has 0 saturated carbocycles. The fourth-order valence-electron chi connectivity index (χ4n) is 2.72. The zero-order chi connectivity index (χ0) is 21.3. The van der Waals surface area contributed by atoms with Crippen LogP contribution in [0.2, 0.25) is 10.0 Å². The molecule has 0 aliphatic rings. The molecule has 0 spiro atoms. The number of carbonyl (C=O) groups excluding carboxylic acids is 1. The third-order valence-corrected chi connectivity index (χ3v) is 5.09. The van der Waals surface area contributed by atoms with Crippen molar-refractivity contribution in [1.29, 1.82) is 0 Å². The van der Waals surface area contributed by atoms with Crippen LogP contribution >= 0.6 is 23.2 Å². The Morgan fingerprint density at radius 1 is 1.17 bits per heavy atom. The van der Waals surface area contributed by atoms with Crippen molar-refractivity contribution in [3.63, 3.8) is 0 Å². The van der Waals surface area contributed by atoms with Crippen LogP contribution in [0.4, 0.5) is 0 Å². The number of nitrogens with zero attached hydrogens (tertiary/aromatic N) is 1. The van der Waals surface area contributed by atoms with E-state index >= 15 is 0 Å². The fraction of sp³-hybridized carbons (Fsp3) is 0.273. The average molecular weight is 449 g/mol. The Bertz CT molecular complexity index is 963. The number of aryl methyl sites for hydroxylation is 1. The maximum atomic E-state index is 12.0. The standard InChI is InChI=1S/C22H22Cl2N2O4/c23-17-8-4-9-18(22(17)24)29-14-16(27)12-25-20(28)10-5-11-21-26-13-19(30-21)15-6-2-1-3-7-15/h1-4,6-9,13,16,27H,5,10-12,14H2,(H,25,28). The van der Waals surface area contributed by atoms with Crippen LogP contribution in [0.1, 0.15) is 18.7 Å². The van der Waals surface area contributed by atoms with Crippen LogP contribution in [-0.4, -0.2) is 35.3 Å². The van der Waals surface area contributed by atoms with Crippen LogP contribution in [0.25, 0.3) is 11.3 Å². The molecule has 0 bridgehead atoms. The highest BCUT2D eigenvalue weighted by molar-refractivity contribution is 6.42. The van der Waals surface area contributed by atoms with Crippen molar-refractivity contribution >= 4 is 29.1 Å². The van der Waals surface area contributed by atoms with Crippen molar-refractivity contribution in [2.45, 2.75) is 25.4 Å². The van der Waals surface area contributed by atoms with Crippen LogP contribution in [-0.2, 0) is 11.2 Å². The molecule has 6 nitrogen and oxygen atoms in total. The summed E-state index contributed by atoms with van der Waals surface area (Å²) < 4.78 is 11.2. The van der Waals surface area contributed by atoms with Gasteiger partial charge in [-0.25, -0.2) is 4.98 Å². The monoisotopic (exact) mass is 448 g/mol. The van der Waals surface area contributed by atoms with E-state index in [2.05, 4.69) is 10.3 Å². The summed E-state index contributed by atoms with van der Waals surface area (Å²) in [4.78, 5) is 16.2. The van der Waals surface area contributed by atoms with Crippen LogP contribution < -0.4 is 10.1 Å². The lowest BCUT2D eigenvalue weighted by Gasteiger charge is -2.14. The lowest BCUT2D eigenvalue weighted by molar-refractivity contribution is -0.121. The van der Waals surface area contributed by atoms with Gasteiger partial charge in [0, 0.05) is 24.9 Å². The average Bonchev–Trinajstić information content (AvgIpc) is 3.23. The largest absolute Gasteiger partial charge is 0.489 e. The van der Waals surface area contributed by atoms with Gasteiger partial charge in [-0.2, -0.15) is 0 Å². The number of amides is 1. The Balaban J connectivity index is 1.34. The molecule has 3 aromatic rings. The summed E-state index contributed by atoms with van der Waals surface area (Å²) in [7, 11) is 0. The molecule has 1 aromatic heterocycles. The predicted octanol–water partition coefficient (Wildman–Crippen LogP) is 4.53. The summed E-state index contributed by atoms with van der Waals surface area (Å²) in [5.74, 6) is 1.52. The number of aliphatic hydroxyl groups is 1. The molecule has 1 heterocycles. The Kier molecular flexibility index (Phi) is 8.13. The summed E-state index contributed by atoms with van der Waals surface area (Å²) in [6.07, 6.45) is 2.26. The molecule has 0 radical (unpaired) electrons. The molecular formula is C22H22Cl2N2O4. The molecule has 0 aliphatic carbocycles. The third kappa shape index (κ3) is 6.49. The maximum absolute atomic E-state index is 12.0. The minimum Gasteiger partial charge on any atom is -0.489 e. The van der Waals surface area contributed by atoms with Crippen LogP contribution in [0.5, 0.6) is 5.75 Å². The van der Waals surface area contributed by atoms with Crippen molar-refractivity contribution < 1.29 is 19.1 Å². The molecule has 8 heteroatoms. The Morgan fingerprint density at radius 2 is 1.97 bits per heavy atom. The second-order valence-corrected chi connectivity index (χ2v) is 7.44. The summed E-state index contributed by atoms with van der Waals surface area (Å²) in [5.41, 5.74) is 0.962. The smallest absolute Gasteiger partial charge is 0.220 e. The van der Waals surface area contributed by atoms with Gasteiger partial charge in [0.25, 0.3) is 0 Å². The van der Waals surface area contributed by atoms with E-state index in [1.54, 1.807) is 24.4 Å². The van der Waals surface area contributed by atoms with E-state index in [1.807, 2.05) is 30.3 Å². The van der Waals surface area contributed by atoms with Crippen molar-refractivity contribution in [1.82, 2.24) is 10.3 Å². The SMILES string of the molecule is O=C(CCCc1ncc(-c2ccccc2)o1)NCC(O)COc1cccc(Cl)c1Cl. The first-order valence-corrected chi connectivity index (χ1v) is 10.3. The van der Waals surface area contributed by atoms with Gasteiger partial charge >= 0.3 is 0 Å². The zero-order valence-corrected chi connectivity index (χ0v) is 17.7. The van der Waals surface area contributed by atoms with Gasteiger partial charge < -0.3 is 19.6 Å². The molecule has 0 fully saturated rings. The van der Waals surface area contributed by atoms with Gasteiger partial charge in [0.2, 0.25) is 5.91 Å². The van der Waals surface area contributed by atoms with Gasteiger partial charge in [-0.15, -0.1) is 0 Å². The molecule has 30 heavy (non-hydrogen) atoms. The normalized spacial score (nSPS) is 11.8. The number of benzene rings is 2. The lowest BCUT2D eigenvalue weighted by Crippen LogP contribution is -2.35. The number of ether oxygens (including phenoxy) is 1. The van der Waals surface area contributed by atoms with E-state index < -0.39 is 6.10 Å². The fourth-order valence-corrected chi connectivity index (χ4v) is 3.07. The predicted molar refractivity (Wildman–Crippen MR) is 116 cm³/mol. The van der Waals surface area contributed by atoms with Gasteiger partial charge in [0.05, 0.1) is 11.2 Å². The van der Waals surface area contributed by atoms with E-state index in [9.17, 15) is 9.90 Å². The number of hydrogen-bond acceptors (Lipinski definition) is 5. The van der Waals surface area contributed by atoms with Gasteiger partial charge in [-0.3, -0.25) is 4.79 Å². The van der Waals surface area contributed by atoms with Crippen molar-refractivity contribution in [2.75, 3.05) is 13.2 Å². The number of carbonyl (C=O) groups is 1. The van der Waals surface area contributed by atoms with Crippen molar-refractivity contribution in [2.24, 2.45) is 0 Å². The van der Waals surface area contributed by atoms with Gasteiger partial charge in [-0.05, 0) is 18.6 Å². The van der Waals surface area contributed by atoms with E-state index in [0.717, 1.165) is 5.56 Å². The number of oxazole rings is 1. The minimum atomic E-state index is -0.871. The Hall–Kier alpha value is -2.54. The highest BCUT2D eigenvalue weighted by Gasteiger charge is 2.12. The molecule has 1 unspecified atom stereocenters. The van der Waals surface area contributed by atoms with Crippen LogP contribution in [0, 0.1) is 0 Å². The zero-order valence-electron chi connectivity index (χ0n) is 16.2. The van der Waals surface area contributed by atoms with E-state index in [-0.39, 0.29) is 24.1 Å².